The molecule has 0 radical (unpaired) electrons. The SMILES string of the molecule is O=S(=O)(Nc1ccc2c(c1)OC1(CCCCC1)O2)c1cccs1. The number of thiophene rings is 1. The fourth-order valence-corrected chi connectivity index (χ4v) is 5.12. The van der Waals surface area contributed by atoms with Gasteiger partial charge in [-0.2, -0.15) is 0 Å². The van der Waals surface area contributed by atoms with Gasteiger partial charge >= 0.3 is 0 Å². The molecule has 2 aromatic rings. The van der Waals surface area contributed by atoms with Gasteiger partial charge in [-0.25, -0.2) is 8.42 Å². The van der Waals surface area contributed by atoms with Gasteiger partial charge in [0.1, 0.15) is 4.21 Å². The lowest BCUT2D eigenvalue weighted by Crippen LogP contribution is -2.40. The lowest BCUT2D eigenvalue weighted by molar-refractivity contribution is -0.105. The maximum absolute atomic E-state index is 12.3. The molecule has 2 aliphatic rings. The van der Waals surface area contributed by atoms with E-state index < -0.39 is 15.8 Å². The Balaban J connectivity index is 1.57. The molecule has 2 heterocycles. The van der Waals surface area contributed by atoms with Crippen LogP contribution in [0, 0.1) is 0 Å². The molecule has 1 fully saturated rings. The molecule has 4 rings (SSSR count). The molecule has 1 aliphatic carbocycles. The van der Waals surface area contributed by atoms with E-state index >= 15 is 0 Å². The van der Waals surface area contributed by atoms with Gasteiger partial charge in [0.15, 0.2) is 11.5 Å². The molecule has 1 spiro atoms. The van der Waals surface area contributed by atoms with Crippen molar-refractivity contribution in [3.8, 4) is 11.5 Å². The van der Waals surface area contributed by atoms with Gasteiger partial charge in [0.2, 0.25) is 0 Å². The van der Waals surface area contributed by atoms with Crippen LogP contribution in [0.1, 0.15) is 32.1 Å². The summed E-state index contributed by atoms with van der Waals surface area (Å²) in [6.07, 6.45) is 5.13. The summed E-state index contributed by atoms with van der Waals surface area (Å²) >= 11 is 1.19. The van der Waals surface area contributed by atoms with Crippen molar-refractivity contribution in [2.24, 2.45) is 0 Å². The fraction of sp³-hybridized carbons (Fsp3) is 0.375. The van der Waals surface area contributed by atoms with E-state index in [0.29, 0.717) is 21.4 Å². The standard InChI is InChI=1S/C16H17NO4S2/c18-23(19,15-5-4-10-22-15)17-12-6-7-13-14(11-12)21-16(20-13)8-2-1-3-9-16/h4-7,10-11,17H,1-3,8-9H2. The highest BCUT2D eigenvalue weighted by molar-refractivity contribution is 7.94. The van der Waals surface area contributed by atoms with Crippen LogP contribution >= 0.6 is 11.3 Å². The molecule has 0 atom stereocenters. The third kappa shape index (κ3) is 2.79. The summed E-state index contributed by atoms with van der Waals surface area (Å²) in [6.45, 7) is 0. The molecular formula is C16H17NO4S2. The Morgan fingerprint density at radius 3 is 2.57 bits per heavy atom. The number of hydrogen-bond donors (Lipinski definition) is 1. The second kappa shape index (κ2) is 5.42. The Kier molecular flexibility index (Phi) is 3.50. The largest absolute Gasteiger partial charge is 0.448 e. The van der Waals surface area contributed by atoms with Crippen LogP contribution in [0.15, 0.2) is 39.9 Å². The molecule has 0 bridgehead atoms. The Morgan fingerprint density at radius 2 is 1.83 bits per heavy atom. The van der Waals surface area contributed by atoms with E-state index in [1.807, 2.05) is 0 Å². The normalized spacial score (nSPS) is 19.0. The van der Waals surface area contributed by atoms with Crippen LogP contribution < -0.4 is 14.2 Å². The van der Waals surface area contributed by atoms with E-state index in [0.717, 1.165) is 25.7 Å². The number of sulfonamides is 1. The molecule has 23 heavy (non-hydrogen) atoms. The zero-order valence-electron chi connectivity index (χ0n) is 12.4. The summed E-state index contributed by atoms with van der Waals surface area (Å²) in [7, 11) is -3.55. The molecule has 0 saturated heterocycles. The minimum Gasteiger partial charge on any atom is -0.448 e. The second-order valence-electron chi connectivity index (χ2n) is 5.87. The van der Waals surface area contributed by atoms with Crippen molar-refractivity contribution < 1.29 is 17.9 Å². The number of fused-ring (bicyclic) bond motifs is 1. The average molecular weight is 351 g/mol. The van der Waals surface area contributed by atoms with Crippen LogP contribution in [0.2, 0.25) is 0 Å². The van der Waals surface area contributed by atoms with Crippen LogP contribution in [0.5, 0.6) is 11.5 Å². The van der Waals surface area contributed by atoms with Crippen LogP contribution in [0.3, 0.4) is 0 Å². The van der Waals surface area contributed by atoms with Gasteiger partial charge in [-0.05, 0) is 36.4 Å². The topological polar surface area (TPSA) is 64.6 Å². The second-order valence-corrected chi connectivity index (χ2v) is 8.73. The third-order valence-corrected chi connectivity index (χ3v) is 6.94. The maximum Gasteiger partial charge on any atom is 0.271 e. The maximum atomic E-state index is 12.3. The molecule has 0 amide bonds. The molecular weight excluding hydrogens is 334 g/mol. The third-order valence-electron chi connectivity index (χ3n) is 4.16. The van der Waals surface area contributed by atoms with Gasteiger partial charge < -0.3 is 9.47 Å². The van der Waals surface area contributed by atoms with Crippen LogP contribution in [-0.2, 0) is 10.0 Å². The van der Waals surface area contributed by atoms with Crippen LogP contribution in [0.4, 0.5) is 5.69 Å². The predicted molar refractivity (Wildman–Crippen MR) is 88.6 cm³/mol. The van der Waals surface area contributed by atoms with Crippen molar-refractivity contribution in [2.75, 3.05) is 4.72 Å². The zero-order chi connectivity index (χ0) is 15.9. The smallest absolute Gasteiger partial charge is 0.271 e. The van der Waals surface area contributed by atoms with Crippen molar-refractivity contribution in [2.45, 2.75) is 42.1 Å². The van der Waals surface area contributed by atoms with E-state index in [9.17, 15) is 8.42 Å². The number of rotatable bonds is 3. The molecule has 1 aliphatic heterocycles. The Bertz CT molecular complexity index is 809. The molecule has 1 aromatic carbocycles. The predicted octanol–water partition coefficient (Wildman–Crippen LogP) is 3.98. The molecule has 122 valence electrons. The molecule has 1 aromatic heterocycles. The highest BCUT2D eigenvalue weighted by Gasteiger charge is 2.42. The van der Waals surface area contributed by atoms with Crippen molar-refractivity contribution in [3.63, 3.8) is 0 Å². The molecule has 1 N–H and O–H groups in total. The minimum atomic E-state index is -3.55. The van der Waals surface area contributed by atoms with E-state index in [1.54, 1.807) is 35.7 Å². The molecule has 1 saturated carbocycles. The Hall–Kier alpha value is -1.73. The van der Waals surface area contributed by atoms with Crippen LogP contribution in [-0.4, -0.2) is 14.2 Å². The van der Waals surface area contributed by atoms with Gasteiger partial charge in [-0.3, -0.25) is 4.72 Å². The van der Waals surface area contributed by atoms with Gasteiger partial charge in [0.25, 0.3) is 15.8 Å². The van der Waals surface area contributed by atoms with Crippen molar-refractivity contribution >= 4 is 27.0 Å². The van der Waals surface area contributed by atoms with Gasteiger partial charge in [0, 0.05) is 18.9 Å². The van der Waals surface area contributed by atoms with Crippen molar-refractivity contribution in [3.05, 3.63) is 35.7 Å². The minimum absolute atomic E-state index is 0.291. The van der Waals surface area contributed by atoms with Crippen molar-refractivity contribution in [1.29, 1.82) is 0 Å². The Morgan fingerprint density at radius 1 is 1.04 bits per heavy atom. The quantitative estimate of drug-likeness (QED) is 0.908. The summed E-state index contributed by atoms with van der Waals surface area (Å²) in [4.78, 5) is 0. The highest BCUT2D eigenvalue weighted by Crippen LogP contribution is 2.46. The summed E-state index contributed by atoms with van der Waals surface area (Å²) in [5, 5.41) is 1.74. The number of nitrogens with one attached hydrogen (secondary N) is 1. The number of hydrogen-bond acceptors (Lipinski definition) is 5. The van der Waals surface area contributed by atoms with E-state index in [-0.39, 0.29) is 0 Å². The lowest BCUT2D eigenvalue weighted by Gasteiger charge is -2.31. The molecule has 5 nitrogen and oxygen atoms in total. The zero-order valence-corrected chi connectivity index (χ0v) is 14.1. The van der Waals surface area contributed by atoms with E-state index in [2.05, 4.69) is 4.72 Å². The number of ether oxygens (including phenoxy) is 2. The van der Waals surface area contributed by atoms with E-state index in [4.69, 9.17) is 9.47 Å². The highest BCUT2D eigenvalue weighted by atomic mass is 32.2. The first-order chi connectivity index (χ1) is 11.1. The van der Waals surface area contributed by atoms with Gasteiger partial charge in [0.05, 0.1) is 5.69 Å². The molecule has 0 unspecified atom stereocenters. The monoisotopic (exact) mass is 351 g/mol. The first-order valence-electron chi connectivity index (χ1n) is 7.65. The summed E-state index contributed by atoms with van der Waals surface area (Å²) in [5.74, 6) is 0.746. The summed E-state index contributed by atoms with van der Waals surface area (Å²) in [5.41, 5.74) is 0.480. The van der Waals surface area contributed by atoms with E-state index in [1.165, 1.54) is 17.8 Å². The van der Waals surface area contributed by atoms with Crippen LogP contribution in [0.25, 0.3) is 0 Å². The number of benzene rings is 1. The number of anilines is 1. The summed E-state index contributed by atoms with van der Waals surface area (Å²) in [6, 6.07) is 8.46. The first-order valence-corrected chi connectivity index (χ1v) is 10.0. The van der Waals surface area contributed by atoms with Gasteiger partial charge in [-0.1, -0.05) is 12.5 Å². The summed E-state index contributed by atoms with van der Waals surface area (Å²) < 4.78 is 39.5. The average Bonchev–Trinajstić information content (AvgIpc) is 3.15. The van der Waals surface area contributed by atoms with Gasteiger partial charge in [-0.15, -0.1) is 11.3 Å². The first kappa shape index (κ1) is 14.8. The van der Waals surface area contributed by atoms with Crippen molar-refractivity contribution in [1.82, 2.24) is 0 Å². The Labute approximate surface area is 139 Å². The fourth-order valence-electron chi connectivity index (χ4n) is 3.07. The molecule has 7 heteroatoms. The lowest BCUT2D eigenvalue weighted by atomic mass is 9.94.